The molecular formula is C50H40N2. The van der Waals surface area contributed by atoms with Gasteiger partial charge >= 0.3 is 0 Å². The van der Waals surface area contributed by atoms with Crippen LogP contribution in [0.5, 0.6) is 0 Å². The Labute approximate surface area is 306 Å². The first-order valence-corrected chi connectivity index (χ1v) is 18.1. The van der Waals surface area contributed by atoms with E-state index in [-0.39, 0.29) is 5.41 Å². The molecule has 0 spiro atoms. The highest BCUT2D eigenvalue weighted by Crippen LogP contribution is 2.49. The van der Waals surface area contributed by atoms with Gasteiger partial charge in [-0.05, 0) is 106 Å². The molecule has 1 aliphatic carbocycles. The van der Waals surface area contributed by atoms with Crippen molar-refractivity contribution in [3.05, 3.63) is 204 Å². The van der Waals surface area contributed by atoms with Crippen molar-refractivity contribution in [3.8, 4) is 27.9 Å². The third-order valence-corrected chi connectivity index (χ3v) is 10.9. The van der Waals surface area contributed by atoms with E-state index in [4.69, 9.17) is 6.58 Å². The summed E-state index contributed by atoms with van der Waals surface area (Å²) in [5.74, 6) is 0. The summed E-state index contributed by atoms with van der Waals surface area (Å²) < 4.78 is 2.37. The van der Waals surface area contributed by atoms with Gasteiger partial charge in [-0.2, -0.15) is 0 Å². The highest BCUT2D eigenvalue weighted by Gasteiger charge is 2.35. The second-order valence-corrected chi connectivity index (χ2v) is 14.4. The van der Waals surface area contributed by atoms with Crippen molar-refractivity contribution in [2.75, 3.05) is 4.90 Å². The average Bonchev–Trinajstić information content (AvgIpc) is 3.64. The van der Waals surface area contributed by atoms with Crippen molar-refractivity contribution >= 4 is 39.3 Å². The van der Waals surface area contributed by atoms with Crippen LogP contribution in [0.25, 0.3) is 55.8 Å². The van der Waals surface area contributed by atoms with Gasteiger partial charge in [0, 0.05) is 33.3 Å². The van der Waals surface area contributed by atoms with E-state index in [2.05, 4.69) is 206 Å². The number of aromatic nitrogens is 1. The normalized spacial score (nSPS) is 13.1. The first-order chi connectivity index (χ1) is 25.4. The standard InChI is InChI=1S/C50H40N2/c1-34-15-8-9-16-36(34)26-25-35(2)51(47-23-14-24-48-49(47)42-20-11-13-22-46(42)52(48)39-17-6-5-7-18-39)40-30-27-37(28-31-40)38-29-32-45-43(33-38)41-19-10-12-21-44(41)50(45,3)4/h5-33H,2H2,1,3-4H3/b26-25-. The fraction of sp³-hybridized carbons (Fsp3) is 0.0800. The molecule has 8 aromatic rings. The van der Waals surface area contributed by atoms with Crippen molar-refractivity contribution in [1.29, 1.82) is 0 Å². The molecule has 1 heterocycles. The fourth-order valence-corrected chi connectivity index (χ4v) is 8.24. The minimum Gasteiger partial charge on any atom is -0.310 e. The second kappa shape index (κ2) is 12.4. The van der Waals surface area contributed by atoms with E-state index in [0.29, 0.717) is 0 Å². The van der Waals surface area contributed by atoms with Crippen molar-refractivity contribution in [3.63, 3.8) is 0 Å². The Kier molecular flexibility index (Phi) is 7.56. The van der Waals surface area contributed by atoms with Crippen LogP contribution < -0.4 is 4.90 Å². The maximum Gasteiger partial charge on any atom is 0.0562 e. The molecule has 0 fully saturated rings. The molecule has 52 heavy (non-hydrogen) atoms. The maximum absolute atomic E-state index is 4.69. The summed E-state index contributed by atoms with van der Waals surface area (Å²) in [6.07, 6.45) is 4.32. The Hall–Kier alpha value is -6.38. The monoisotopic (exact) mass is 668 g/mol. The molecule has 0 unspecified atom stereocenters. The van der Waals surface area contributed by atoms with Crippen LogP contribution in [0.15, 0.2) is 182 Å². The van der Waals surface area contributed by atoms with Crippen LogP contribution in [0, 0.1) is 6.92 Å². The zero-order valence-corrected chi connectivity index (χ0v) is 29.8. The first-order valence-electron chi connectivity index (χ1n) is 18.1. The Morgan fingerprint density at radius 1 is 0.615 bits per heavy atom. The number of hydrogen-bond acceptors (Lipinski definition) is 1. The van der Waals surface area contributed by atoms with Gasteiger partial charge in [-0.15, -0.1) is 0 Å². The van der Waals surface area contributed by atoms with E-state index in [1.165, 1.54) is 60.8 Å². The van der Waals surface area contributed by atoms with Crippen molar-refractivity contribution in [2.45, 2.75) is 26.2 Å². The van der Waals surface area contributed by atoms with Crippen LogP contribution in [0.2, 0.25) is 0 Å². The molecule has 0 aliphatic heterocycles. The predicted octanol–water partition coefficient (Wildman–Crippen LogP) is 13.4. The lowest BCUT2D eigenvalue weighted by molar-refractivity contribution is 0.660. The molecule has 0 radical (unpaired) electrons. The molecule has 9 rings (SSSR count). The van der Waals surface area contributed by atoms with Gasteiger partial charge in [-0.25, -0.2) is 0 Å². The number of allylic oxidation sites excluding steroid dienone is 1. The number of fused-ring (bicyclic) bond motifs is 6. The lowest BCUT2D eigenvalue weighted by Gasteiger charge is -2.27. The largest absolute Gasteiger partial charge is 0.310 e. The topological polar surface area (TPSA) is 8.17 Å². The van der Waals surface area contributed by atoms with Gasteiger partial charge in [0.25, 0.3) is 0 Å². The van der Waals surface area contributed by atoms with Crippen LogP contribution in [0.1, 0.15) is 36.1 Å². The molecule has 1 aromatic heterocycles. The zero-order chi connectivity index (χ0) is 35.4. The molecule has 1 aliphatic rings. The third kappa shape index (κ3) is 5.10. The van der Waals surface area contributed by atoms with E-state index in [0.717, 1.165) is 28.3 Å². The summed E-state index contributed by atoms with van der Waals surface area (Å²) in [5, 5.41) is 2.40. The average molecular weight is 669 g/mol. The molecule has 2 heteroatoms. The highest BCUT2D eigenvalue weighted by molar-refractivity contribution is 6.16. The van der Waals surface area contributed by atoms with E-state index < -0.39 is 0 Å². The number of para-hydroxylation sites is 2. The molecule has 0 N–H and O–H groups in total. The summed E-state index contributed by atoms with van der Waals surface area (Å²) in [6, 6.07) is 59.2. The molecule has 0 atom stereocenters. The minimum atomic E-state index is -0.00830. The molecule has 2 nitrogen and oxygen atoms in total. The molecule has 0 saturated carbocycles. The van der Waals surface area contributed by atoms with Gasteiger partial charge in [-0.1, -0.05) is 142 Å². The number of rotatable bonds is 7. The Morgan fingerprint density at radius 3 is 2.12 bits per heavy atom. The summed E-state index contributed by atoms with van der Waals surface area (Å²) in [5.41, 5.74) is 16.8. The number of nitrogens with zero attached hydrogens (tertiary/aromatic N) is 2. The summed E-state index contributed by atoms with van der Waals surface area (Å²) in [4.78, 5) is 2.31. The zero-order valence-electron chi connectivity index (χ0n) is 29.8. The van der Waals surface area contributed by atoms with Gasteiger partial charge in [0.15, 0.2) is 0 Å². The van der Waals surface area contributed by atoms with Crippen LogP contribution in [-0.4, -0.2) is 4.57 Å². The van der Waals surface area contributed by atoms with E-state index in [9.17, 15) is 0 Å². The molecule has 250 valence electrons. The minimum absolute atomic E-state index is 0.00830. The first kappa shape index (κ1) is 31.6. The number of anilines is 2. The van der Waals surface area contributed by atoms with Gasteiger partial charge in [0.05, 0.1) is 16.7 Å². The van der Waals surface area contributed by atoms with Crippen molar-refractivity contribution in [1.82, 2.24) is 4.57 Å². The third-order valence-electron chi connectivity index (χ3n) is 10.9. The molecule has 7 aromatic carbocycles. The lowest BCUT2D eigenvalue weighted by Crippen LogP contribution is -2.15. The Morgan fingerprint density at radius 2 is 1.29 bits per heavy atom. The number of benzene rings is 7. The highest BCUT2D eigenvalue weighted by atomic mass is 15.1. The smallest absolute Gasteiger partial charge is 0.0562 e. The van der Waals surface area contributed by atoms with Crippen LogP contribution >= 0.6 is 0 Å². The van der Waals surface area contributed by atoms with E-state index in [1.54, 1.807) is 0 Å². The summed E-state index contributed by atoms with van der Waals surface area (Å²) in [6.45, 7) is 11.5. The van der Waals surface area contributed by atoms with Crippen molar-refractivity contribution in [2.24, 2.45) is 0 Å². The van der Waals surface area contributed by atoms with Crippen LogP contribution in [0.3, 0.4) is 0 Å². The van der Waals surface area contributed by atoms with Crippen LogP contribution in [-0.2, 0) is 5.41 Å². The van der Waals surface area contributed by atoms with Gasteiger partial charge in [-0.3, -0.25) is 0 Å². The summed E-state index contributed by atoms with van der Waals surface area (Å²) >= 11 is 0. The molecule has 0 amide bonds. The lowest BCUT2D eigenvalue weighted by atomic mass is 9.82. The predicted molar refractivity (Wildman–Crippen MR) is 222 cm³/mol. The van der Waals surface area contributed by atoms with Crippen molar-refractivity contribution < 1.29 is 0 Å². The molecular weight excluding hydrogens is 629 g/mol. The van der Waals surface area contributed by atoms with Gasteiger partial charge in [0.2, 0.25) is 0 Å². The Bertz CT molecular complexity index is 2670. The second-order valence-electron chi connectivity index (χ2n) is 14.4. The van der Waals surface area contributed by atoms with E-state index >= 15 is 0 Å². The fourth-order valence-electron chi connectivity index (χ4n) is 8.24. The van der Waals surface area contributed by atoms with Gasteiger partial charge in [0.1, 0.15) is 0 Å². The SMILES string of the molecule is C=C(/C=C\c1ccccc1C)N(c1ccc(-c2ccc3c(c2)-c2ccccc2C3(C)C)cc1)c1cccc2c1c1ccccc1n2-c1ccccc1. The summed E-state index contributed by atoms with van der Waals surface area (Å²) in [7, 11) is 0. The van der Waals surface area contributed by atoms with Crippen LogP contribution in [0.4, 0.5) is 11.4 Å². The Balaban J connectivity index is 1.19. The molecule has 0 bridgehead atoms. The number of aryl methyl sites for hydroxylation is 1. The quantitative estimate of drug-likeness (QED) is 0.153. The van der Waals surface area contributed by atoms with Gasteiger partial charge < -0.3 is 9.47 Å². The maximum atomic E-state index is 4.69. The molecule has 0 saturated heterocycles. The van der Waals surface area contributed by atoms with E-state index in [1.807, 2.05) is 0 Å². The number of hydrogen-bond donors (Lipinski definition) is 0.